The van der Waals surface area contributed by atoms with Crippen LogP contribution in [0.3, 0.4) is 0 Å². The summed E-state index contributed by atoms with van der Waals surface area (Å²) in [5.41, 5.74) is 0.727. The maximum atomic E-state index is 12.3. The van der Waals surface area contributed by atoms with E-state index in [9.17, 15) is 4.79 Å². The molecular formula is C19H22ClN3O2. The molecule has 1 saturated heterocycles. The Labute approximate surface area is 153 Å². The number of benzene rings is 1. The van der Waals surface area contributed by atoms with E-state index in [4.69, 9.17) is 16.3 Å². The topological polar surface area (TPSA) is 54.5 Å². The Kier molecular flexibility index (Phi) is 6.12. The van der Waals surface area contributed by atoms with Crippen molar-refractivity contribution in [2.75, 3.05) is 25.0 Å². The van der Waals surface area contributed by atoms with Gasteiger partial charge in [-0.2, -0.15) is 0 Å². The van der Waals surface area contributed by atoms with Crippen LogP contribution in [0.2, 0.25) is 5.02 Å². The molecule has 0 bridgehead atoms. The molecule has 132 valence electrons. The first kappa shape index (κ1) is 17.5. The van der Waals surface area contributed by atoms with Gasteiger partial charge in [0.1, 0.15) is 5.75 Å². The summed E-state index contributed by atoms with van der Waals surface area (Å²) in [7, 11) is 0. The van der Waals surface area contributed by atoms with Crippen LogP contribution < -0.4 is 10.1 Å². The zero-order valence-corrected chi connectivity index (χ0v) is 14.8. The van der Waals surface area contributed by atoms with E-state index >= 15 is 0 Å². The van der Waals surface area contributed by atoms with Crippen LogP contribution >= 0.6 is 11.6 Å². The highest BCUT2D eigenvalue weighted by atomic mass is 35.5. The number of carbonyl (C=O) groups is 1. The van der Waals surface area contributed by atoms with Gasteiger partial charge in [-0.25, -0.2) is 4.79 Å². The lowest BCUT2D eigenvalue weighted by molar-refractivity contribution is 0.170. The largest absolute Gasteiger partial charge is 0.493 e. The van der Waals surface area contributed by atoms with Gasteiger partial charge < -0.3 is 15.0 Å². The molecule has 0 radical (unpaired) electrons. The SMILES string of the molecule is O=C(Nc1cccc(Cl)c1)N1CCC(CCOc2ccncc2)CC1. The van der Waals surface area contributed by atoms with Crippen molar-refractivity contribution >= 4 is 23.3 Å². The standard InChI is InChI=1S/C19H22ClN3O2/c20-16-2-1-3-17(14-16)22-19(24)23-11-6-15(7-12-23)8-13-25-18-4-9-21-10-5-18/h1-5,9-10,14-15H,6-8,11-13H2,(H,22,24). The molecule has 6 heteroatoms. The molecule has 2 heterocycles. The third-order valence-corrected chi connectivity index (χ3v) is 4.66. The third kappa shape index (κ3) is 5.36. The molecule has 1 aliphatic heterocycles. The predicted molar refractivity (Wildman–Crippen MR) is 99.1 cm³/mol. The maximum Gasteiger partial charge on any atom is 0.321 e. The number of hydrogen-bond donors (Lipinski definition) is 1. The van der Waals surface area contributed by atoms with Gasteiger partial charge in [-0.15, -0.1) is 0 Å². The Morgan fingerprint density at radius 1 is 1.24 bits per heavy atom. The quantitative estimate of drug-likeness (QED) is 0.858. The van der Waals surface area contributed by atoms with Gasteiger partial charge in [0.15, 0.2) is 0 Å². The molecule has 2 aromatic rings. The number of likely N-dealkylation sites (tertiary alicyclic amines) is 1. The molecule has 0 spiro atoms. The molecule has 0 saturated carbocycles. The number of amides is 2. The number of halogens is 1. The fraction of sp³-hybridized carbons (Fsp3) is 0.368. The van der Waals surface area contributed by atoms with Crippen molar-refractivity contribution in [3.8, 4) is 5.75 Å². The summed E-state index contributed by atoms with van der Waals surface area (Å²) in [6.45, 7) is 2.24. The fourth-order valence-corrected chi connectivity index (χ4v) is 3.16. The zero-order chi connectivity index (χ0) is 17.5. The van der Waals surface area contributed by atoms with E-state index in [2.05, 4.69) is 10.3 Å². The zero-order valence-electron chi connectivity index (χ0n) is 14.0. The molecule has 1 aliphatic rings. The van der Waals surface area contributed by atoms with Crippen molar-refractivity contribution in [3.05, 3.63) is 53.8 Å². The number of aromatic nitrogens is 1. The van der Waals surface area contributed by atoms with Gasteiger partial charge in [0.2, 0.25) is 0 Å². The highest BCUT2D eigenvalue weighted by Gasteiger charge is 2.22. The lowest BCUT2D eigenvalue weighted by Crippen LogP contribution is -2.41. The van der Waals surface area contributed by atoms with Crippen molar-refractivity contribution < 1.29 is 9.53 Å². The van der Waals surface area contributed by atoms with E-state index < -0.39 is 0 Å². The van der Waals surface area contributed by atoms with E-state index in [1.165, 1.54) is 0 Å². The van der Waals surface area contributed by atoms with Crippen LogP contribution in [0.1, 0.15) is 19.3 Å². The summed E-state index contributed by atoms with van der Waals surface area (Å²) in [5, 5.41) is 3.52. The second kappa shape index (κ2) is 8.72. The normalized spacial score (nSPS) is 15.0. The van der Waals surface area contributed by atoms with Crippen LogP contribution in [0.25, 0.3) is 0 Å². The number of urea groups is 1. The molecule has 0 atom stereocenters. The number of piperidine rings is 1. The van der Waals surface area contributed by atoms with Crippen molar-refractivity contribution in [2.45, 2.75) is 19.3 Å². The van der Waals surface area contributed by atoms with Gasteiger partial charge in [0.05, 0.1) is 6.61 Å². The molecule has 1 N–H and O–H groups in total. The molecule has 3 rings (SSSR count). The van der Waals surface area contributed by atoms with Gasteiger partial charge in [-0.1, -0.05) is 17.7 Å². The summed E-state index contributed by atoms with van der Waals surface area (Å²) in [6, 6.07) is 10.9. The highest BCUT2D eigenvalue weighted by molar-refractivity contribution is 6.30. The van der Waals surface area contributed by atoms with Gasteiger partial charge >= 0.3 is 6.03 Å². The predicted octanol–water partition coefficient (Wildman–Crippen LogP) is 4.45. The van der Waals surface area contributed by atoms with Crippen molar-refractivity contribution in [1.29, 1.82) is 0 Å². The molecule has 1 aromatic carbocycles. The fourth-order valence-electron chi connectivity index (χ4n) is 2.97. The number of hydrogen-bond acceptors (Lipinski definition) is 3. The average Bonchev–Trinajstić information content (AvgIpc) is 2.63. The van der Waals surface area contributed by atoms with E-state index in [0.29, 0.717) is 17.5 Å². The number of carbonyl (C=O) groups excluding carboxylic acids is 1. The van der Waals surface area contributed by atoms with Crippen LogP contribution in [0.4, 0.5) is 10.5 Å². The Hall–Kier alpha value is -2.27. The molecule has 2 amide bonds. The van der Waals surface area contributed by atoms with Crippen LogP contribution in [-0.2, 0) is 0 Å². The van der Waals surface area contributed by atoms with E-state index in [1.807, 2.05) is 29.2 Å². The number of nitrogens with one attached hydrogen (secondary N) is 1. The Morgan fingerprint density at radius 3 is 2.72 bits per heavy atom. The Bertz CT molecular complexity index is 688. The molecule has 25 heavy (non-hydrogen) atoms. The molecule has 0 aliphatic carbocycles. The van der Waals surface area contributed by atoms with Crippen LogP contribution in [0, 0.1) is 5.92 Å². The highest BCUT2D eigenvalue weighted by Crippen LogP contribution is 2.22. The minimum absolute atomic E-state index is 0.0613. The van der Waals surface area contributed by atoms with Crippen LogP contribution in [-0.4, -0.2) is 35.6 Å². The summed E-state index contributed by atoms with van der Waals surface area (Å²) in [4.78, 5) is 18.2. The number of rotatable bonds is 5. The summed E-state index contributed by atoms with van der Waals surface area (Å²) in [5.74, 6) is 1.45. The molecule has 0 unspecified atom stereocenters. The minimum Gasteiger partial charge on any atom is -0.493 e. The van der Waals surface area contributed by atoms with E-state index in [1.54, 1.807) is 24.5 Å². The number of ether oxygens (including phenoxy) is 1. The number of anilines is 1. The van der Waals surface area contributed by atoms with E-state index in [-0.39, 0.29) is 6.03 Å². The lowest BCUT2D eigenvalue weighted by atomic mass is 9.94. The Balaban J connectivity index is 1.38. The third-order valence-electron chi connectivity index (χ3n) is 4.42. The van der Waals surface area contributed by atoms with Gasteiger partial charge in [0.25, 0.3) is 0 Å². The monoisotopic (exact) mass is 359 g/mol. The van der Waals surface area contributed by atoms with Gasteiger partial charge in [-0.05, 0) is 55.5 Å². The molecular weight excluding hydrogens is 338 g/mol. The first-order chi connectivity index (χ1) is 12.2. The maximum absolute atomic E-state index is 12.3. The van der Waals surface area contributed by atoms with Crippen molar-refractivity contribution in [1.82, 2.24) is 9.88 Å². The van der Waals surface area contributed by atoms with Crippen molar-refractivity contribution in [3.63, 3.8) is 0 Å². The number of nitrogens with zero attached hydrogens (tertiary/aromatic N) is 2. The van der Waals surface area contributed by atoms with Gasteiger partial charge in [-0.3, -0.25) is 4.98 Å². The summed E-state index contributed by atoms with van der Waals surface area (Å²) < 4.78 is 5.73. The smallest absolute Gasteiger partial charge is 0.321 e. The van der Waals surface area contributed by atoms with Gasteiger partial charge in [0, 0.05) is 36.2 Å². The minimum atomic E-state index is -0.0613. The van der Waals surface area contributed by atoms with Crippen molar-refractivity contribution in [2.24, 2.45) is 5.92 Å². The summed E-state index contributed by atoms with van der Waals surface area (Å²) in [6.07, 6.45) is 6.47. The molecule has 5 nitrogen and oxygen atoms in total. The molecule has 1 fully saturated rings. The first-order valence-electron chi connectivity index (χ1n) is 8.55. The molecule has 1 aromatic heterocycles. The van der Waals surface area contributed by atoms with Crippen LogP contribution in [0.15, 0.2) is 48.8 Å². The second-order valence-corrected chi connectivity index (χ2v) is 6.63. The van der Waals surface area contributed by atoms with E-state index in [0.717, 1.165) is 43.8 Å². The summed E-state index contributed by atoms with van der Waals surface area (Å²) >= 11 is 5.95. The number of pyridine rings is 1. The van der Waals surface area contributed by atoms with Crippen LogP contribution in [0.5, 0.6) is 5.75 Å². The average molecular weight is 360 g/mol. The first-order valence-corrected chi connectivity index (χ1v) is 8.93. The lowest BCUT2D eigenvalue weighted by Gasteiger charge is -2.32. The second-order valence-electron chi connectivity index (χ2n) is 6.19. The Morgan fingerprint density at radius 2 is 2.00 bits per heavy atom.